The van der Waals surface area contributed by atoms with Crippen molar-refractivity contribution in [1.29, 1.82) is 0 Å². The van der Waals surface area contributed by atoms with Gasteiger partial charge in [0, 0.05) is 35.6 Å². The van der Waals surface area contributed by atoms with Gasteiger partial charge in [-0.05, 0) is 32.0 Å². The third kappa shape index (κ3) is 2.46. The van der Waals surface area contributed by atoms with E-state index in [2.05, 4.69) is 0 Å². The van der Waals surface area contributed by atoms with E-state index in [4.69, 9.17) is 21.8 Å². The minimum Gasteiger partial charge on any atom is -0.451 e. The lowest BCUT2D eigenvalue weighted by Gasteiger charge is -2.22. The molecule has 1 atom stereocenters. The Labute approximate surface area is 117 Å². The summed E-state index contributed by atoms with van der Waals surface area (Å²) in [4.78, 5) is 14.0. The number of halogens is 1. The zero-order chi connectivity index (χ0) is 14.2. The normalized spacial score (nSPS) is 12.7. The van der Waals surface area contributed by atoms with Crippen LogP contribution in [-0.4, -0.2) is 30.4 Å². The Bertz CT molecular complexity index is 621. The highest BCUT2D eigenvalue weighted by Gasteiger charge is 2.23. The molecule has 0 aliphatic heterocycles. The molecule has 0 aliphatic carbocycles. The van der Waals surface area contributed by atoms with Crippen molar-refractivity contribution in [1.82, 2.24) is 4.90 Å². The largest absolute Gasteiger partial charge is 0.451 e. The maximum atomic E-state index is 12.4. The summed E-state index contributed by atoms with van der Waals surface area (Å²) in [7, 11) is 1.72. The molecule has 2 rings (SSSR count). The van der Waals surface area contributed by atoms with Gasteiger partial charge in [0.1, 0.15) is 5.58 Å². The molecule has 1 aromatic heterocycles. The molecule has 2 N–H and O–H groups in total. The van der Waals surface area contributed by atoms with Gasteiger partial charge in [0.25, 0.3) is 5.91 Å². The zero-order valence-electron chi connectivity index (χ0n) is 11.2. The monoisotopic (exact) mass is 280 g/mol. The average molecular weight is 281 g/mol. The second-order valence-electron chi connectivity index (χ2n) is 4.70. The topological polar surface area (TPSA) is 59.5 Å². The molecule has 1 heterocycles. The Morgan fingerprint density at radius 2 is 2.21 bits per heavy atom. The smallest absolute Gasteiger partial charge is 0.289 e. The number of fused-ring (bicyclic) bond motifs is 1. The van der Waals surface area contributed by atoms with Crippen molar-refractivity contribution in [3.8, 4) is 0 Å². The van der Waals surface area contributed by atoms with Crippen molar-refractivity contribution in [2.75, 3.05) is 13.6 Å². The number of carbonyl (C=O) groups excluding carboxylic acids is 1. The molecule has 5 heteroatoms. The molecule has 0 radical (unpaired) electrons. The predicted molar refractivity (Wildman–Crippen MR) is 76.6 cm³/mol. The van der Waals surface area contributed by atoms with Gasteiger partial charge in [0.05, 0.1) is 0 Å². The van der Waals surface area contributed by atoms with Gasteiger partial charge in [-0.1, -0.05) is 11.6 Å². The van der Waals surface area contributed by atoms with Crippen LogP contribution in [0.4, 0.5) is 0 Å². The van der Waals surface area contributed by atoms with Crippen molar-refractivity contribution >= 4 is 28.5 Å². The maximum Gasteiger partial charge on any atom is 0.289 e. The molecule has 1 unspecified atom stereocenters. The number of hydrogen-bond acceptors (Lipinski definition) is 3. The number of carbonyl (C=O) groups is 1. The van der Waals surface area contributed by atoms with E-state index in [1.807, 2.05) is 13.8 Å². The number of aryl methyl sites for hydroxylation is 1. The lowest BCUT2D eigenvalue weighted by molar-refractivity contribution is 0.0717. The van der Waals surface area contributed by atoms with Crippen molar-refractivity contribution < 1.29 is 9.21 Å². The van der Waals surface area contributed by atoms with Crippen molar-refractivity contribution in [3.63, 3.8) is 0 Å². The minimum absolute atomic E-state index is 0.0382. The number of furan rings is 1. The Balaban J connectivity index is 2.46. The molecule has 0 saturated carbocycles. The molecule has 0 spiro atoms. The highest BCUT2D eigenvalue weighted by molar-refractivity contribution is 6.31. The van der Waals surface area contributed by atoms with E-state index >= 15 is 0 Å². The fourth-order valence-corrected chi connectivity index (χ4v) is 2.09. The summed E-state index contributed by atoms with van der Waals surface area (Å²) in [6.07, 6.45) is 0. The second-order valence-corrected chi connectivity index (χ2v) is 5.13. The van der Waals surface area contributed by atoms with Crippen LogP contribution in [-0.2, 0) is 0 Å². The first-order chi connectivity index (χ1) is 8.95. The Kier molecular flexibility index (Phi) is 3.83. The average Bonchev–Trinajstić information content (AvgIpc) is 2.73. The number of amides is 1. The number of hydrogen-bond donors (Lipinski definition) is 1. The molecule has 0 saturated heterocycles. The highest BCUT2D eigenvalue weighted by Crippen LogP contribution is 2.28. The van der Waals surface area contributed by atoms with Crippen molar-refractivity contribution in [2.45, 2.75) is 19.9 Å². The van der Waals surface area contributed by atoms with Crippen LogP contribution in [0.5, 0.6) is 0 Å². The van der Waals surface area contributed by atoms with E-state index in [-0.39, 0.29) is 11.9 Å². The summed E-state index contributed by atoms with van der Waals surface area (Å²) in [5.74, 6) is 0.183. The van der Waals surface area contributed by atoms with E-state index in [1.165, 1.54) is 0 Å². The van der Waals surface area contributed by atoms with Gasteiger partial charge in [-0.2, -0.15) is 0 Å². The summed E-state index contributed by atoms with van der Waals surface area (Å²) in [6, 6.07) is 5.28. The SMILES string of the molecule is Cc1c(C(=O)N(C)C(C)CN)oc2ccc(Cl)cc12. The molecule has 0 aliphatic rings. The quantitative estimate of drug-likeness (QED) is 0.940. The first-order valence-corrected chi connectivity index (χ1v) is 6.49. The number of rotatable bonds is 3. The summed E-state index contributed by atoms with van der Waals surface area (Å²) < 4.78 is 5.64. The lowest BCUT2D eigenvalue weighted by Crippen LogP contribution is -2.39. The Morgan fingerprint density at radius 1 is 1.53 bits per heavy atom. The molecule has 1 amide bonds. The first kappa shape index (κ1) is 13.9. The van der Waals surface area contributed by atoms with Crippen LogP contribution in [0.2, 0.25) is 5.02 Å². The number of likely N-dealkylation sites (N-methyl/N-ethyl adjacent to an activating group) is 1. The summed E-state index contributed by atoms with van der Waals surface area (Å²) >= 11 is 5.96. The van der Waals surface area contributed by atoms with Gasteiger partial charge in [-0.15, -0.1) is 0 Å². The van der Waals surface area contributed by atoms with Gasteiger partial charge < -0.3 is 15.1 Å². The van der Waals surface area contributed by atoms with Gasteiger partial charge in [-0.25, -0.2) is 0 Å². The minimum atomic E-state index is -0.164. The molecule has 2 aromatic rings. The van der Waals surface area contributed by atoms with E-state index in [1.54, 1.807) is 30.1 Å². The molecular weight excluding hydrogens is 264 g/mol. The van der Waals surface area contributed by atoms with Gasteiger partial charge in [0.15, 0.2) is 5.76 Å². The number of nitrogens with zero attached hydrogens (tertiary/aromatic N) is 1. The standard InChI is InChI=1S/C14H17ClN2O2/c1-8(7-16)17(3)14(18)13-9(2)11-6-10(15)4-5-12(11)19-13/h4-6,8H,7,16H2,1-3H3. The Hall–Kier alpha value is -1.52. The molecule has 0 bridgehead atoms. The van der Waals surface area contributed by atoms with Crippen LogP contribution in [0.15, 0.2) is 22.6 Å². The Morgan fingerprint density at radius 3 is 2.84 bits per heavy atom. The maximum absolute atomic E-state index is 12.4. The number of benzene rings is 1. The molecular formula is C14H17ClN2O2. The third-order valence-corrected chi connectivity index (χ3v) is 3.65. The molecule has 4 nitrogen and oxygen atoms in total. The molecule has 1 aromatic carbocycles. The van der Waals surface area contributed by atoms with Crippen LogP contribution in [0, 0.1) is 6.92 Å². The van der Waals surface area contributed by atoms with Crippen molar-refractivity contribution in [3.05, 3.63) is 34.5 Å². The number of nitrogens with two attached hydrogens (primary N) is 1. The fraction of sp³-hybridized carbons (Fsp3) is 0.357. The van der Waals surface area contributed by atoms with E-state index in [0.29, 0.717) is 22.9 Å². The van der Waals surface area contributed by atoms with E-state index < -0.39 is 0 Å². The van der Waals surface area contributed by atoms with Gasteiger partial charge in [-0.3, -0.25) is 4.79 Å². The van der Waals surface area contributed by atoms with Gasteiger partial charge in [0.2, 0.25) is 0 Å². The summed E-state index contributed by atoms with van der Waals surface area (Å²) in [6.45, 7) is 4.16. The first-order valence-electron chi connectivity index (χ1n) is 6.11. The zero-order valence-corrected chi connectivity index (χ0v) is 12.0. The van der Waals surface area contributed by atoms with Gasteiger partial charge >= 0.3 is 0 Å². The lowest BCUT2D eigenvalue weighted by atomic mass is 10.1. The molecule has 0 fully saturated rings. The fourth-order valence-electron chi connectivity index (χ4n) is 1.92. The van der Waals surface area contributed by atoms with Crippen LogP contribution in [0.1, 0.15) is 23.0 Å². The van der Waals surface area contributed by atoms with Crippen LogP contribution in [0.3, 0.4) is 0 Å². The van der Waals surface area contributed by atoms with Crippen LogP contribution >= 0.6 is 11.6 Å². The third-order valence-electron chi connectivity index (χ3n) is 3.42. The highest BCUT2D eigenvalue weighted by atomic mass is 35.5. The predicted octanol–water partition coefficient (Wildman–Crippen LogP) is 2.81. The van der Waals surface area contributed by atoms with Crippen LogP contribution < -0.4 is 5.73 Å². The molecule has 19 heavy (non-hydrogen) atoms. The molecule has 102 valence electrons. The summed E-state index contributed by atoms with van der Waals surface area (Å²) in [5, 5.41) is 1.49. The summed E-state index contributed by atoms with van der Waals surface area (Å²) in [5.41, 5.74) is 7.05. The van der Waals surface area contributed by atoms with Crippen LogP contribution in [0.25, 0.3) is 11.0 Å². The van der Waals surface area contributed by atoms with E-state index in [9.17, 15) is 4.79 Å². The van der Waals surface area contributed by atoms with E-state index in [0.717, 1.165) is 10.9 Å². The second kappa shape index (κ2) is 5.23. The van der Waals surface area contributed by atoms with Crippen molar-refractivity contribution in [2.24, 2.45) is 5.73 Å².